The fourth-order valence-corrected chi connectivity index (χ4v) is 4.70. The summed E-state index contributed by atoms with van der Waals surface area (Å²) in [5.41, 5.74) is 1.02. The van der Waals surface area contributed by atoms with Crippen LogP contribution in [0.4, 0.5) is 4.39 Å². The Bertz CT molecular complexity index is 1010. The Hall–Kier alpha value is -3.28. The number of carbonyl (C=O) groups excluding carboxylic acids is 1. The average Bonchev–Trinajstić information content (AvgIpc) is 3.00. The highest BCUT2D eigenvalue weighted by atomic mass is 19.1. The first-order chi connectivity index (χ1) is 13.0. The number of nitriles is 2. The molecule has 5 heteroatoms. The van der Waals surface area contributed by atoms with Crippen LogP contribution in [0.15, 0.2) is 54.7 Å². The Labute approximate surface area is 156 Å². The topological polar surface area (TPSA) is 69.1 Å². The van der Waals surface area contributed by atoms with Crippen LogP contribution in [-0.4, -0.2) is 11.8 Å². The summed E-state index contributed by atoms with van der Waals surface area (Å²) >= 11 is 0. The van der Waals surface area contributed by atoms with E-state index in [0.29, 0.717) is 5.56 Å². The van der Waals surface area contributed by atoms with E-state index < -0.39 is 29.2 Å². The van der Waals surface area contributed by atoms with Crippen LogP contribution in [0.3, 0.4) is 0 Å². The average molecular weight is 358 g/mol. The molecule has 1 N–H and O–H groups in total. The Morgan fingerprint density at radius 3 is 2.41 bits per heavy atom. The lowest BCUT2D eigenvalue weighted by molar-refractivity contribution is -0.885. The van der Waals surface area contributed by atoms with Crippen molar-refractivity contribution >= 4 is 11.9 Å². The van der Waals surface area contributed by atoms with Crippen LogP contribution < -0.4 is 4.90 Å². The first-order valence-corrected chi connectivity index (χ1v) is 8.75. The highest BCUT2D eigenvalue weighted by molar-refractivity contribution is 5.82. The largest absolute Gasteiger partial charge is 0.293 e. The predicted molar refractivity (Wildman–Crippen MR) is 96.4 cm³/mol. The Morgan fingerprint density at radius 2 is 1.78 bits per heavy atom. The number of Topliss-reactive ketones (excluding diaryl/α,β-unsaturated/α-hetero) is 1. The van der Waals surface area contributed by atoms with Crippen molar-refractivity contribution in [3.8, 4) is 12.1 Å². The van der Waals surface area contributed by atoms with Gasteiger partial charge in [-0.2, -0.15) is 10.5 Å². The Kier molecular flexibility index (Phi) is 3.91. The molecule has 4 atom stereocenters. The Balaban J connectivity index is 2.00. The molecule has 0 spiro atoms. The van der Waals surface area contributed by atoms with Crippen molar-refractivity contribution in [1.82, 2.24) is 0 Å². The van der Waals surface area contributed by atoms with E-state index in [4.69, 9.17) is 0 Å². The molecule has 132 valence electrons. The van der Waals surface area contributed by atoms with Gasteiger partial charge in [0.2, 0.25) is 5.41 Å². The minimum Gasteiger partial charge on any atom is -0.293 e. The van der Waals surface area contributed by atoms with Crippen molar-refractivity contribution in [1.29, 1.82) is 10.5 Å². The van der Waals surface area contributed by atoms with E-state index in [2.05, 4.69) is 12.1 Å². The fourth-order valence-electron chi connectivity index (χ4n) is 4.70. The molecule has 1 saturated heterocycles. The number of fused-ring (bicyclic) bond motifs is 3. The van der Waals surface area contributed by atoms with E-state index in [-0.39, 0.29) is 5.78 Å². The van der Waals surface area contributed by atoms with Crippen LogP contribution in [0, 0.1) is 33.9 Å². The standard InChI is InChI=1S/C22H16FN3O/c1-14(27)20-19(16-6-8-17(23)9-7-16)22(12-24,13-25)21-18-5-3-2-4-15(18)10-11-26(20)21/h2-11,19-21H,1H3/p+1/t19-,20+,21+/m0/s1. The van der Waals surface area contributed by atoms with Crippen molar-refractivity contribution in [3.05, 3.63) is 77.2 Å². The molecule has 0 bridgehead atoms. The molecule has 0 aliphatic carbocycles. The van der Waals surface area contributed by atoms with E-state index in [1.807, 2.05) is 36.5 Å². The summed E-state index contributed by atoms with van der Waals surface area (Å²) < 4.78 is 13.5. The van der Waals surface area contributed by atoms with Gasteiger partial charge in [-0.3, -0.25) is 9.69 Å². The normalized spacial score (nSPS) is 27.1. The lowest BCUT2D eigenvalue weighted by atomic mass is 9.68. The van der Waals surface area contributed by atoms with Gasteiger partial charge in [0, 0.05) is 12.5 Å². The smallest absolute Gasteiger partial charge is 0.212 e. The van der Waals surface area contributed by atoms with Crippen molar-refractivity contribution in [2.45, 2.75) is 24.9 Å². The minimum atomic E-state index is -1.44. The quantitative estimate of drug-likeness (QED) is 0.897. The van der Waals surface area contributed by atoms with Gasteiger partial charge in [-0.25, -0.2) is 4.39 Å². The highest BCUT2D eigenvalue weighted by Gasteiger charge is 2.67. The van der Waals surface area contributed by atoms with E-state index in [9.17, 15) is 19.7 Å². The molecule has 27 heavy (non-hydrogen) atoms. The number of halogens is 1. The van der Waals surface area contributed by atoms with E-state index in [0.717, 1.165) is 16.0 Å². The summed E-state index contributed by atoms with van der Waals surface area (Å²) in [4.78, 5) is 13.4. The molecule has 0 amide bonds. The molecule has 2 aromatic carbocycles. The van der Waals surface area contributed by atoms with Gasteiger partial charge < -0.3 is 0 Å². The number of nitrogens with one attached hydrogen (secondary N) is 1. The fraction of sp³-hybridized carbons (Fsp3) is 0.227. The molecular formula is C22H17FN3O+. The lowest BCUT2D eigenvalue weighted by Gasteiger charge is -2.29. The van der Waals surface area contributed by atoms with Crippen molar-refractivity contribution < 1.29 is 14.1 Å². The second-order valence-electron chi connectivity index (χ2n) is 7.11. The molecule has 0 radical (unpaired) electrons. The van der Waals surface area contributed by atoms with Gasteiger partial charge in [0.25, 0.3) is 0 Å². The van der Waals surface area contributed by atoms with Gasteiger partial charge in [-0.05, 0) is 29.3 Å². The summed E-state index contributed by atoms with van der Waals surface area (Å²) in [5, 5.41) is 20.3. The van der Waals surface area contributed by atoms with Crippen molar-refractivity contribution in [3.63, 3.8) is 0 Å². The number of nitrogens with zero attached hydrogens (tertiary/aromatic N) is 2. The van der Waals surface area contributed by atoms with Gasteiger partial charge in [-0.15, -0.1) is 0 Å². The van der Waals surface area contributed by atoms with Crippen LogP contribution in [0.25, 0.3) is 6.08 Å². The first-order valence-electron chi connectivity index (χ1n) is 8.75. The Morgan fingerprint density at radius 1 is 1.11 bits per heavy atom. The van der Waals surface area contributed by atoms with Crippen LogP contribution in [0.2, 0.25) is 0 Å². The minimum absolute atomic E-state index is 0.0965. The predicted octanol–water partition coefficient (Wildman–Crippen LogP) is 2.52. The third-order valence-corrected chi connectivity index (χ3v) is 5.77. The second-order valence-corrected chi connectivity index (χ2v) is 7.11. The van der Waals surface area contributed by atoms with Gasteiger partial charge in [0.15, 0.2) is 17.9 Å². The highest BCUT2D eigenvalue weighted by Crippen LogP contribution is 2.51. The maximum atomic E-state index is 13.5. The number of quaternary nitrogens is 1. The SMILES string of the molecule is CC(=O)[C@@H]1[C@H](c2ccc(F)cc2)C(C#N)(C#N)[C@H]2c3ccccc3C=C[NH+]12. The molecule has 2 aliphatic rings. The summed E-state index contributed by atoms with van der Waals surface area (Å²) in [7, 11) is 0. The van der Waals surface area contributed by atoms with Gasteiger partial charge in [0.05, 0.1) is 24.3 Å². The number of ketones is 1. The molecule has 2 heterocycles. The van der Waals surface area contributed by atoms with Crippen LogP contribution in [-0.2, 0) is 4.79 Å². The molecule has 4 rings (SSSR count). The molecule has 4 nitrogen and oxygen atoms in total. The van der Waals surface area contributed by atoms with Crippen LogP contribution in [0.1, 0.15) is 35.6 Å². The zero-order valence-electron chi connectivity index (χ0n) is 14.7. The monoisotopic (exact) mass is 358 g/mol. The van der Waals surface area contributed by atoms with Gasteiger partial charge in [0.1, 0.15) is 5.82 Å². The molecular weight excluding hydrogens is 341 g/mol. The second kappa shape index (κ2) is 6.16. The van der Waals surface area contributed by atoms with Crippen molar-refractivity contribution in [2.24, 2.45) is 5.41 Å². The third kappa shape index (κ3) is 2.33. The maximum absolute atomic E-state index is 13.5. The van der Waals surface area contributed by atoms with E-state index in [1.54, 1.807) is 12.1 Å². The van der Waals surface area contributed by atoms with Crippen molar-refractivity contribution in [2.75, 3.05) is 0 Å². The molecule has 2 aromatic rings. The lowest BCUT2D eigenvalue weighted by Crippen LogP contribution is -3.11. The zero-order chi connectivity index (χ0) is 19.2. The summed E-state index contributed by atoms with van der Waals surface area (Å²) in [6, 6.07) is 16.8. The maximum Gasteiger partial charge on any atom is 0.212 e. The van der Waals surface area contributed by atoms with E-state index in [1.165, 1.54) is 19.1 Å². The zero-order valence-corrected chi connectivity index (χ0v) is 14.7. The summed E-state index contributed by atoms with van der Waals surface area (Å²) in [5.74, 6) is -1.15. The third-order valence-electron chi connectivity index (χ3n) is 5.77. The summed E-state index contributed by atoms with van der Waals surface area (Å²) in [6.07, 6.45) is 3.82. The van der Waals surface area contributed by atoms with Gasteiger partial charge in [-0.1, -0.05) is 36.4 Å². The number of hydrogen-bond donors (Lipinski definition) is 1. The first kappa shape index (κ1) is 17.1. The molecule has 0 saturated carbocycles. The molecule has 1 fully saturated rings. The summed E-state index contributed by atoms with van der Waals surface area (Å²) in [6.45, 7) is 1.49. The molecule has 1 unspecified atom stereocenters. The van der Waals surface area contributed by atoms with Crippen LogP contribution in [0.5, 0.6) is 0 Å². The van der Waals surface area contributed by atoms with Gasteiger partial charge >= 0.3 is 0 Å². The number of benzene rings is 2. The number of hydrogen-bond acceptors (Lipinski definition) is 3. The molecule has 2 aliphatic heterocycles. The number of rotatable bonds is 2. The van der Waals surface area contributed by atoms with E-state index >= 15 is 0 Å². The molecule has 0 aromatic heterocycles. The number of carbonyl (C=O) groups is 1. The van der Waals surface area contributed by atoms with Crippen LogP contribution >= 0.6 is 0 Å².